The molecule has 2 aromatic rings. The summed E-state index contributed by atoms with van der Waals surface area (Å²) >= 11 is 0. The quantitative estimate of drug-likeness (QED) is 0.741. The molecule has 0 bridgehead atoms. The first-order valence-corrected chi connectivity index (χ1v) is 5.50. The molecule has 4 rings (SSSR count). The number of nitrogens with zero attached hydrogens (tertiary/aromatic N) is 4. The van der Waals surface area contributed by atoms with Gasteiger partial charge in [0.15, 0.2) is 0 Å². The van der Waals surface area contributed by atoms with E-state index in [0.717, 1.165) is 18.0 Å². The van der Waals surface area contributed by atoms with Crippen molar-refractivity contribution < 1.29 is 0 Å². The van der Waals surface area contributed by atoms with Crippen molar-refractivity contribution in [3.63, 3.8) is 0 Å². The van der Waals surface area contributed by atoms with Crippen LogP contribution in [-0.4, -0.2) is 30.8 Å². The fraction of sp³-hybridized carbons (Fsp3) is 0.600. The van der Waals surface area contributed by atoms with Crippen LogP contribution < -0.4 is 0 Å². The van der Waals surface area contributed by atoms with Gasteiger partial charge in [0.25, 0.3) is 0 Å². The third-order valence-electron chi connectivity index (χ3n) is 4.24. The molecule has 2 aliphatic rings. The zero-order chi connectivity index (χ0) is 10.9. The SMILES string of the molecule is CC1(C)[C@@H]2c3n[nH]c(-c4nn[nH]n4)c3C[C@@H]21. The molecule has 0 radical (unpaired) electrons. The maximum Gasteiger partial charge on any atom is 0.222 e. The number of tetrazole rings is 1. The lowest BCUT2D eigenvalue weighted by atomic mass is 9.98. The second kappa shape index (κ2) is 2.34. The maximum absolute atomic E-state index is 4.42. The lowest BCUT2D eigenvalue weighted by molar-refractivity contribution is 0.539. The summed E-state index contributed by atoms with van der Waals surface area (Å²) in [6.07, 6.45) is 1.09. The molecule has 0 unspecified atom stereocenters. The van der Waals surface area contributed by atoms with E-state index in [0.29, 0.717) is 17.2 Å². The summed E-state index contributed by atoms with van der Waals surface area (Å²) in [6.45, 7) is 4.63. The minimum Gasteiger partial charge on any atom is -0.274 e. The number of fused-ring (bicyclic) bond motifs is 3. The minimum atomic E-state index is 0.427. The highest BCUT2D eigenvalue weighted by molar-refractivity contribution is 5.60. The smallest absolute Gasteiger partial charge is 0.222 e. The van der Waals surface area contributed by atoms with Crippen LogP contribution in [0.1, 0.15) is 31.0 Å². The summed E-state index contributed by atoms with van der Waals surface area (Å²) in [5, 5.41) is 21.5. The molecule has 0 aliphatic heterocycles. The Morgan fingerprint density at radius 1 is 1.31 bits per heavy atom. The second-order valence-electron chi connectivity index (χ2n) is 5.31. The topological polar surface area (TPSA) is 83.1 Å². The fourth-order valence-electron chi connectivity index (χ4n) is 3.18. The van der Waals surface area contributed by atoms with Gasteiger partial charge in [-0.1, -0.05) is 13.8 Å². The molecule has 6 nitrogen and oxygen atoms in total. The highest BCUT2D eigenvalue weighted by atomic mass is 15.5. The van der Waals surface area contributed by atoms with E-state index in [-0.39, 0.29) is 0 Å². The van der Waals surface area contributed by atoms with Crippen molar-refractivity contribution in [2.75, 3.05) is 0 Å². The monoisotopic (exact) mass is 216 g/mol. The number of hydrogen-bond donors (Lipinski definition) is 2. The van der Waals surface area contributed by atoms with Crippen molar-refractivity contribution in [2.24, 2.45) is 11.3 Å². The highest BCUT2D eigenvalue weighted by Gasteiger charge is 2.64. The zero-order valence-electron chi connectivity index (χ0n) is 9.15. The zero-order valence-corrected chi connectivity index (χ0v) is 9.15. The Morgan fingerprint density at radius 3 is 2.94 bits per heavy atom. The van der Waals surface area contributed by atoms with E-state index >= 15 is 0 Å². The molecule has 6 heteroatoms. The Balaban J connectivity index is 1.83. The maximum atomic E-state index is 4.42. The van der Waals surface area contributed by atoms with Gasteiger partial charge < -0.3 is 0 Å². The van der Waals surface area contributed by atoms with Gasteiger partial charge in [0.1, 0.15) is 5.69 Å². The van der Waals surface area contributed by atoms with Gasteiger partial charge in [-0.05, 0) is 23.0 Å². The van der Waals surface area contributed by atoms with Crippen molar-refractivity contribution in [1.29, 1.82) is 0 Å². The van der Waals surface area contributed by atoms with Gasteiger partial charge in [-0.3, -0.25) is 5.10 Å². The standard InChI is InChI=1S/C10H12N6/c1-10(2)5-3-4-7(6(5)10)11-12-8(4)9-13-15-16-14-9/h5-6H,3H2,1-2H3,(H,11,12)(H,13,14,15,16)/t5-,6-/m0/s1. The number of hydrogen-bond acceptors (Lipinski definition) is 4. The molecule has 2 N–H and O–H groups in total. The van der Waals surface area contributed by atoms with Crippen LogP contribution in [0.25, 0.3) is 11.5 Å². The summed E-state index contributed by atoms with van der Waals surface area (Å²) < 4.78 is 0. The van der Waals surface area contributed by atoms with E-state index in [2.05, 4.69) is 44.7 Å². The number of rotatable bonds is 1. The van der Waals surface area contributed by atoms with Gasteiger partial charge in [0.05, 0.1) is 5.69 Å². The molecule has 1 fully saturated rings. The van der Waals surface area contributed by atoms with Gasteiger partial charge >= 0.3 is 0 Å². The highest BCUT2D eigenvalue weighted by Crippen LogP contribution is 2.70. The van der Waals surface area contributed by atoms with E-state index < -0.39 is 0 Å². The second-order valence-corrected chi connectivity index (χ2v) is 5.31. The molecule has 2 aliphatic carbocycles. The van der Waals surface area contributed by atoms with Crippen LogP contribution in [0.4, 0.5) is 0 Å². The molecular formula is C10H12N6. The molecule has 0 spiro atoms. The summed E-state index contributed by atoms with van der Waals surface area (Å²) in [6, 6.07) is 0. The van der Waals surface area contributed by atoms with Crippen LogP contribution in [0, 0.1) is 11.3 Å². The Bertz CT molecular complexity index is 552. The van der Waals surface area contributed by atoms with Gasteiger partial charge in [0, 0.05) is 11.5 Å². The average Bonchev–Trinajstić information content (AvgIpc) is 2.79. The van der Waals surface area contributed by atoms with Crippen molar-refractivity contribution in [2.45, 2.75) is 26.2 Å². The van der Waals surface area contributed by atoms with Crippen LogP contribution in [0.15, 0.2) is 0 Å². The van der Waals surface area contributed by atoms with Crippen molar-refractivity contribution >= 4 is 0 Å². The summed E-state index contributed by atoms with van der Waals surface area (Å²) in [5.74, 6) is 2.00. The van der Waals surface area contributed by atoms with E-state index in [1.165, 1.54) is 11.3 Å². The number of aromatic amines is 2. The Kier molecular flexibility index (Phi) is 1.23. The molecule has 0 amide bonds. The Morgan fingerprint density at radius 2 is 2.19 bits per heavy atom. The summed E-state index contributed by atoms with van der Waals surface area (Å²) in [4.78, 5) is 0. The molecule has 2 heterocycles. The third kappa shape index (κ3) is 0.797. The molecule has 1 saturated carbocycles. The molecule has 82 valence electrons. The number of nitrogens with one attached hydrogen (secondary N) is 2. The van der Waals surface area contributed by atoms with E-state index in [1.54, 1.807) is 0 Å². The third-order valence-corrected chi connectivity index (χ3v) is 4.24. The van der Waals surface area contributed by atoms with Crippen molar-refractivity contribution in [3.8, 4) is 11.5 Å². The summed E-state index contributed by atoms with van der Waals surface area (Å²) in [5.41, 5.74) is 3.87. The van der Waals surface area contributed by atoms with E-state index in [9.17, 15) is 0 Å². The predicted molar refractivity (Wildman–Crippen MR) is 55.5 cm³/mol. The first-order chi connectivity index (χ1) is 7.69. The number of aromatic nitrogens is 6. The van der Waals surface area contributed by atoms with E-state index in [4.69, 9.17) is 0 Å². The fourth-order valence-corrected chi connectivity index (χ4v) is 3.18. The van der Waals surface area contributed by atoms with Crippen LogP contribution in [0.5, 0.6) is 0 Å². The van der Waals surface area contributed by atoms with Crippen LogP contribution in [0.2, 0.25) is 0 Å². The molecule has 2 aromatic heterocycles. The molecular weight excluding hydrogens is 204 g/mol. The number of H-pyrrole nitrogens is 2. The van der Waals surface area contributed by atoms with Gasteiger partial charge in [-0.25, -0.2) is 0 Å². The minimum absolute atomic E-state index is 0.427. The lowest BCUT2D eigenvalue weighted by Crippen LogP contribution is -2.00. The van der Waals surface area contributed by atoms with Crippen LogP contribution in [0.3, 0.4) is 0 Å². The Hall–Kier alpha value is -1.72. The van der Waals surface area contributed by atoms with Crippen LogP contribution in [-0.2, 0) is 6.42 Å². The van der Waals surface area contributed by atoms with E-state index in [1.807, 2.05) is 0 Å². The lowest BCUT2D eigenvalue weighted by Gasteiger charge is -2.06. The van der Waals surface area contributed by atoms with Crippen LogP contribution >= 0.6 is 0 Å². The molecule has 0 saturated heterocycles. The predicted octanol–water partition coefficient (Wildman–Crippen LogP) is 0.885. The average molecular weight is 216 g/mol. The first kappa shape index (κ1) is 8.43. The van der Waals surface area contributed by atoms with Crippen molar-refractivity contribution in [3.05, 3.63) is 11.3 Å². The van der Waals surface area contributed by atoms with Crippen molar-refractivity contribution in [1.82, 2.24) is 30.8 Å². The first-order valence-electron chi connectivity index (χ1n) is 5.50. The summed E-state index contributed by atoms with van der Waals surface area (Å²) in [7, 11) is 0. The Labute approximate surface area is 91.8 Å². The molecule has 16 heavy (non-hydrogen) atoms. The largest absolute Gasteiger partial charge is 0.274 e. The molecule has 2 atom stereocenters. The molecule has 0 aromatic carbocycles. The van der Waals surface area contributed by atoms with Gasteiger partial charge in [0.2, 0.25) is 5.82 Å². The van der Waals surface area contributed by atoms with Gasteiger partial charge in [-0.15, -0.1) is 10.2 Å². The van der Waals surface area contributed by atoms with Gasteiger partial charge in [-0.2, -0.15) is 10.3 Å². The normalized spacial score (nSPS) is 28.9.